The molecule has 1 fully saturated rings. The average Bonchev–Trinajstić information content (AvgIpc) is 2.37. The molecule has 0 aliphatic heterocycles. The average molecular weight is 296 g/mol. The summed E-state index contributed by atoms with van der Waals surface area (Å²) in [6, 6.07) is 1.91. The molecule has 20 heavy (non-hydrogen) atoms. The van der Waals surface area contributed by atoms with Crippen molar-refractivity contribution >= 4 is 23.3 Å². The van der Waals surface area contributed by atoms with Crippen LogP contribution in [0.15, 0.2) is 12.3 Å². The van der Waals surface area contributed by atoms with Crippen molar-refractivity contribution in [2.24, 2.45) is 11.8 Å². The Morgan fingerprint density at radius 1 is 1.30 bits per heavy atom. The lowest BCUT2D eigenvalue weighted by molar-refractivity contribution is 0.0911. The molecule has 1 saturated carbocycles. The fraction of sp³-hybridized carbons (Fsp3) is 0.600. The summed E-state index contributed by atoms with van der Waals surface area (Å²) in [6.07, 6.45) is 4.90. The van der Waals surface area contributed by atoms with Crippen molar-refractivity contribution in [1.29, 1.82) is 0 Å². The summed E-state index contributed by atoms with van der Waals surface area (Å²) >= 11 is 6.06. The maximum atomic E-state index is 12.2. The zero-order valence-corrected chi connectivity index (χ0v) is 13.0. The molecule has 5 heteroatoms. The number of carbonyl (C=O) groups excluding carboxylic acids is 1. The Morgan fingerprint density at radius 3 is 2.50 bits per heavy atom. The molecule has 1 aliphatic carbocycles. The molecule has 1 amide bonds. The third kappa shape index (κ3) is 3.63. The largest absolute Gasteiger partial charge is 0.372 e. The molecule has 1 aromatic heterocycles. The van der Waals surface area contributed by atoms with E-state index in [0.29, 0.717) is 28.2 Å². The van der Waals surface area contributed by atoms with Gasteiger partial charge in [-0.3, -0.25) is 4.79 Å². The predicted molar refractivity (Wildman–Crippen MR) is 82.2 cm³/mol. The van der Waals surface area contributed by atoms with Gasteiger partial charge in [-0.25, -0.2) is 4.98 Å². The van der Waals surface area contributed by atoms with E-state index in [0.717, 1.165) is 12.8 Å². The van der Waals surface area contributed by atoms with Gasteiger partial charge < -0.3 is 10.6 Å². The van der Waals surface area contributed by atoms with E-state index in [1.54, 1.807) is 19.3 Å². The lowest BCUT2D eigenvalue weighted by atomic mass is 9.80. The van der Waals surface area contributed by atoms with Crippen molar-refractivity contribution in [3.8, 4) is 0 Å². The van der Waals surface area contributed by atoms with E-state index in [4.69, 9.17) is 11.6 Å². The minimum absolute atomic E-state index is 0.0895. The number of hydrogen-bond donors (Lipinski definition) is 2. The molecular weight excluding hydrogens is 274 g/mol. The zero-order valence-electron chi connectivity index (χ0n) is 12.2. The van der Waals surface area contributed by atoms with Crippen LogP contribution in [0.2, 0.25) is 5.02 Å². The Morgan fingerprint density at radius 2 is 1.95 bits per heavy atom. The number of aromatic nitrogens is 1. The first-order valence-electron chi connectivity index (χ1n) is 7.13. The minimum Gasteiger partial charge on any atom is -0.372 e. The molecule has 0 saturated heterocycles. The molecular formula is C15H22ClN3O. The highest BCUT2D eigenvalue weighted by Gasteiger charge is 2.25. The van der Waals surface area contributed by atoms with Crippen molar-refractivity contribution < 1.29 is 4.79 Å². The van der Waals surface area contributed by atoms with E-state index in [-0.39, 0.29) is 11.9 Å². The molecule has 2 unspecified atom stereocenters. The van der Waals surface area contributed by atoms with Crippen LogP contribution in [0.3, 0.4) is 0 Å². The van der Waals surface area contributed by atoms with Crippen LogP contribution in [-0.2, 0) is 0 Å². The highest BCUT2D eigenvalue weighted by Crippen LogP contribution is 2.28. The molecule has 0 spiro atoms. The van der Waals surface area contributed by atoms with Gasteiger partial charge in [0, 0.05) is 19.3 Å². The van der Waals surface area contributed by atoms with Crippen LogP contribution in [0, 0.1) is 11.8 Å². The number of nitrogens with one attached hydrogen (secondary N) is 2. The van der Waals surface area contributed by atoms with E-state index >= 15 is 0 Å². The molecule has 1 aliphatic rings. The van der Waals surface area contributed by atoms with Crippen LogP contribution in [0.4, 0.5) is 5.82 Å². The number of carbonyl (C=O) groups is 1. The normalized spacial score (nSPS) is 26.1. The lowest BCUT2D eigenvalue weighted by Gasteiger charge is -2.31. The first-order chi connectivity index (χ1) is 9.49. The Kier molecular flexibility index (Phi) is 4.86. The fourth-order valence-electron chi connectivity index (χ4n) is 3.08. The zero-order chi connectivity index (χ0) is 14.7. The molecule has 0 aromatic carbocycles. The number of anilines is 1. The molecule has 1 aromatic rings. The quantitative estimate of drug-likeness (QED) is 0.899. The maximum absolute atomic E-state index is 12.2. The van der Waals surface area contributed by atoms with Crippen LogP contribution in [0.25, 0.3) is 0 Å². The topological polar surface area (TPSA) is 54.0 Å². The second-order valence-electron chi connectivity index (χ2n) is 5.89. The fourth-order valence-corrected chi connectivity index (χ4v) is 3.34. The highest BCUT2D eigenvalue weighted by molar-refractivity contribution is 6.33. The number of nitrogens with zero attached hydrogens (tertiary/aromatic N) is 1. The van der Waals surface area contributed by atoms with Gasteiger partial charge in [-0.15, -0.1) is 0 Å². The van der Waals surface area contributed by atoms with Crippen LogP contribution in [-0.4, -0.2) is 24.0 Å². The van der Waals surface area contributed by atoms with E-state index < -0.39 is 0 Å². The molecule has 2 rings (SSSR count). The van der Waals surface area contributed by atoms with E-state index in [1.807, 2.05) is 0 Å². The van der Waals surface area contributed by atoms with Crippen molar-refractivity contribution in [3.05, 3.63) is 22.8 Å². The standard InChI is InChI=1S/C15H22ClN3O/c1-9-4-10(2)6-12(5-9)19-15(20)11-7-13(16)14(17-3)18-8-11/h7-10,12H,4-6H2,1-3H3,(H,17,18)(H,19,20). The predicted octanol–water partition coefficient (Wildman–Crippen LogP) is 3.33. The second kappa shape index (κ2) is 6.44. The smallest absolute Gasteiger partial charge is 0.253 e. The third-order valence-corrected chi connectivity index (χ3v) is 4.14. The Bertz CT molecular complexity index is 482. The summed E-state index contributed by atoms with van der Waals surface area (Å²) < 4.78 is 0. The number of amides is 1. The number of hydrogen-bond acceptors (Lipinski definition) is 3. The molecule has 2 atom stereocenters. The van der Waals surface area contributed by atoms with E-state index in [2.05, 4.69) is 29.5 Å². The Hall–Kier alpha value is -1.29. The molecule has 0 bridgehead atoms. The number of pyridine rings is 1. The maximum Gasteiger partial charge on any atom is 0.253 e. The summed E-state index contributed by atoms with van der Waals surface area (Å²) in [7, 11) is 1.75. The monoisotopic (exact) mass is 295 g/mol. The van der Waals surface area contributed by atoms with E-state index in [9.17, 15) is 4.79 Å². The van der Waals surface area contributed by atoms with Crippen molar-refractivity contribution in [1.82, 2.24) is 10.3 Å². The number of halogens is 1. The summed E-state index contributed by atoms with van der Waals surface area (Å²) in [6.45, 7) is 4.49. The summed E-state index contributed by atoms with van der Waals surface area (Å²) in [5, 5.41) is 6.45. The highest BCUT2D eigenvalue weighted by atomic mass is 35.5. The summed E-state index contributed by atoms with van der Waals surface area (Å²) in [5.41, 5.74) is 0.514. The van der Waals surface area contributed by atoms with Crippen molar-refractivity contribution in [2.45, 2.75) is 39.2 Å². The van der Waals surface area contributed by atoms with Crippen molar-refractivity contribution in [2.75, 3.05) is 12.4 Å². The second-order valence-corrected chi connectivity index (χ2v) is 6.30. The van der Waals surface area contributed by atoms with Crippen LogP contribution in [0.5, 0.6) is 0 Å². The summed E-state index contributed by atoms with van der Waals surface area (Å²) in [4.78, 5) is 16.4. The van der Waals surface area contributed by atoms with Gasteiger partial charge in [0.15, 0.2) is 0 Å². The van der Waals surface area contributed by atoms with Gasteiger partial charge in [0.05, 0.1) is 10.6 Å². The van der Waals surface area contributed by atoms with Crippen LogP contribution in [0.1, 0.15) is 43.5 Å². The SMILES string of the molecule is CNc1ncc(C(=O)NC2CC(C)CC(C)C2)cc1Cl. The summed E-state index contributed by atoms with van der Waals surface area (Å²) in [5.74, 6) is 1.83. The molecule has 2 N–H and O–H groups in total. The van der Waals surface area contributed by atoms with Gasteiger partial charge >= 0.3 is 0 Å². The molecule has 4 nitrogen and oxygen atoms in total. The van der Waals surface area contributed by atoms with Gasteiger partial charge in [0.1, 0.15) is 5.82 Å². The Balaban J connectivity index is 2.02. The van der Waals surface area contributed by atoms with Gasteiger partial charge in [-0.1, -0.05) is 25.4 Å². The van der Waals surface area contributed by atoms with Crippen LogP contribution < -0.4 is 10.6 Å². The minimum atomic E-state index is -0.0895. The first-order valence-corrected chi connectivity index (χ1v) is 7.51. The third-order valence-electron chi connectivity index (χ3n) is 3.85. The molecule has 110 valence electrons. The van der Waals surface area contributed by atoms with E-state index in [1.165, 1.54) is 6.42 Å². The van der Waals surface area contributed by atoms with Crippen molar-refractivity contribution in [3.63, 3.8) is 0 Å². The van der Waals surface area contributed by atoms with Gasteiger partial charge in [-0.2, -0.15) is 0 Å². The van der Waals surface area contributed by atoms with Gasteiger partial charge in [-0.05, 0) is 37.2 Å². The molecule has 1 heterocycles. The lowest BCUT2D eigenvalue weighted by Crippen LogP contribution is -2.40. The Labute approximate surface area is 125 Å². The number of rotatable bonds is 3. The first kappa shape index (κ1) is 15.1. The molecule has 0 radical (unpaired) electrons. The van der Waals surface area contributed by atoms with Gasteiger partial charge in [0.2, 0.25) is 0 Å². The van der Waals surface area contributed by atoms with Crippen LogP contribution >= 0.6 is 11.6 Å². The van der Waals surface area contributed by atoms with Gasteiger partial charge in [0.25, 0.3) is 5.91 Å².